The number of hydrogen-bond donors (Lipinski definition) is 1. The zero-order chi connectivity index (χ0) is 26.7. The smallest absolute Gasteiger partial charge is 0.410 e. The average Bonchev–Trinajstić information content (AvgIpc) is 2.87. The molecular weight excluding hydrogens is 472 g/mol. The number of amides is 2. The minimum absolute atomic E-state index is 0.0635. The van der Waals surface area contributed by atoms with Gasteiger partial charge in [0.2, 0.25) is 5.95 Å². The number of aromatic nitrogens is 3. The van der Waals surface area contributed by atoms with E-state index in [0.717, 1.165) is 10.9 Å². The molecule has 10 nitrogen and oxygen atoms in total. The third kappa shape index (κ3) is 6.07. The quantitative estimate of drug-likeness (QED) is 0.562. The fourth-order valence-corrected chi connectivity index (χ4v) is 4.24. The molecule has 37 heavy (non-hydrogen) atoms. The predicted octanol–water partition coefficient (Wildman–Crippen LogP) is 3.68. The molecule has 0 bridgehead atoms. The summed E-state index contributed by atoms with van der Waals surface area (Å²) in [6, 6.07) is 10.6. The van der Waals surface area contributed by atoms with Crippen molar-refractivity contribution >= 4 is 29.0 Å². The molecule has 2 aromatic heterocycles. The van der Waals surface area contributed by atoms with E-state index in [4.69, 9.17) is 4.74 Å². The Bertz CT molecular complexity index is 1340. The summed E-state index contributed by atoms with van der Waals surface area (Å²) in [5.74, 6) is 0.363. The van der Waals surface area contributed by atoms with Crippen molar-refractivity contribution in [3.05, 3.63) is 64.1 Å². The van der Waals surface area contributed by atoms with Gasteiger partial charge in [0.05, 0.1) is 6.04 Å². The minimum Gasteiger partial charge on any atom is -0.444 e. The van der Waals surface area contributed by atoms with Gasteiger partial charge in [-0.05, 0) is 58.4 Å². The number of rotatable bonds is 5. The van der Waals surface area contributed by atoms with Crippen LogP contribution in [0, 0.1) is 0 Å². The fraction of sp³-hybridized carbons (Fsp3) is 0.444. The first-order chi connectivity index (χ1) is 17.6. The molecule has 1 aliphatic rings. The van der Waals surface area contributed by atoms with Gasteiger partial charge in [0.1, 0.15) is 11.2 Å². The number of hydrogen-bond acceptors (Lipinski definition) is 7. The molecule has 0 saturated carbocycles. The Morgan fingerprint density at radius 2 is 1.68 bits per heavy atom. The Hall–Kier alpha value is -3.95. The van der Waals surface area contributed by atoms with Crippen LogP contribution in [0.25, 0.3) is 11.0 Å². The van der Waals surface area contributed by atoms with Gasteiger partial charge in [-0.3, -0.25) is 14.2 Å². The zero-order valence-electron chi connectivity index (χ0n) is 22.0. The van der Waals surface area contributed by atoms with E-state index in [-0.39, 0.29) is 23.6 Å². The highest BCUT2D eigenvalue weighted by Crippen LogP contribution is 2.20. The molecule has 3 heterocycles. The molecule has 196 valence electrons. The molecule has 2 amide bonds. The third-order valence-corrected chi connectivity index (χ3v) is 6.26. The lowest BCUT2D eigenvalue weighted by atomic mass is 10.1. The Morgan fingerprint density at radius 1 is 1.03 bits per heavy atom. The summed E-state index contributed by atoms with van der Waals surface area (Å²) < 4.78 is 7.04. The van der Waals surface area contributed by atoms with Gasteiger partial charge in [-0.15, -0.1) is 0 Å². The van der Waals surface area contributed by atoms with Crippen LogP contribution in [0.4, 0.5) is 10.7 Å². The number of piperazine rings is 1. The van der Waals surface area contributed by atoms with E-state index in [9.17, 15) is 14.4 Å². The van der Waals surface area contributed by atoms with Crippen LogP contribution in [-0.4, -0.2) is 68.1 Å². The standard InChI is InChI=1S/C27H34N6O4/c1-6-33-22(34)12-11-21-17-28-25(30-23(21)33)29-18(2)19-7-9-20(10-8-19)24(35)31-13-15-32(16-14-31)26(36)37-27(3,4)5/h7-12,17-18H,6,13-16H2,1-5H3,(H,28,29,30)/t18-/m0/s1. The Kier molecular flexibility index (Phi) is 7.47. The van der Waals surface area contributed by atoms with E-state index in [1.807, 2.05) is 58.9 Å². The molecule has 4 rings (SSSR count). The number of carbonyl (C=O) groups is 2. The summed E-state index contributed by atoms with van der Waals surface area (Å²) in [6.45, 7) is 11.7. The largest absolute Gasteiger partial charge is 0.444 e. The molecule has 1 N–H and O–H groups in total. The molecule has 0 unspecified atom stereocenters. The molecule has 0 spiro atoms. The van der Waals surface area contributed by atoms with Crippen molar-refractivity contribution in [2.45, 2.75) is 52.8 Å². The molecule has 3 aromatic rings. The van der Waals surface area contributed by atoms with Crippen LogP contribution in [0.5, 0.6) is 0 Å². The lowest BCUT2D eigenvalue weighted by molar-refractivity contribution is 0.0141. The maximum atomic E-state index is 13.0. The van der Waals surface area contributed by atoms with Crippen molar-refractivity contribution < 1.29 is 14.3 Å². The van der Waals surface area contributed by atoms with Crippen molar-refractivity contribution in [1.82, 2.24) is 24.3 Å². The normalized spacial score (nSPS) is 14.9. The number of nitrogens with zero attached hydrogens (tertiary/aromatic N) is 5. The van der Waals surface area contributed by atoms with Crippen LogP contribution in [0.2, 0.25) is 0 Å². The first-order valence-electron chi connectivity index (χ1n) is 12.6. The Morgan fingerprint density at radius 3 is 2.30 bits per heavy atom. The summed E-state index contributed by atoms with van der Waals surface area (Å²) in [5, 5.41) is 4.08. The van der Waals surface area contributed by atoms with Crippen LogP contribution < -0.4 is 10.9 Å². The van der Waals surface area contributed by atoms with Crippen molar-refractivity contribution in [3.8, 4) is 0 Å². The molecule has 1 atom stereocenters. The number of pyridine rings is 1. The number of anilines is 1. The third-order valence-electron chi connectivity index (χ3n) is 6.26. The van der Waals surface area contributed by atoms with E-state index < -0.39 is 5.60 Å². The lowest BCUT2D eigenvalue weighted by Gasteiger charge is -2.35. The number of nitrogens with one attached hydrogen (secondary N) is 1. The summed E-state index contributed by atoms with van der Waals surface area (Å²) in [5.41, 5.74) is 1.51. The van der Waals surface area contributed by atoms with Gasteiger partial charge in [0.15, 0.2) is 0 Å². The van der Waals surface area contributed by atoms with Crippen molar-refractivity contribution in [1.29, 1.82) is 0 Å². The van der Waals surface area contributed by atoms with Gasteiger partial charge in [0, 0.05) is 55.9 Å². The molecule has 10 heteroatoms. The maximum absolute atomic E-state index is 13.0. The van der Waals surface area contributed by atoms with E-state index in [2.05, 4.69) is 15.3 Å². The molecule has 1 aliphatic heterocycles. The highest BCUT2D eigenvalue weighted by molar-refractivity contribution is 5.94. The molecular formula is C27H34N6O4. The van der Waals surface area contributed by atoms with Gasteiger partial charge in [0.25, 0.3) is 11.5 Å². The van der Waals surface area contributed by atoms with Crippen molar-refractivity contribution in [2.75, 3.05) is 31.5 Å². The van der Waals surface area contributed by atoms with E-state index in [1.165, 1.54) is 6.07 Å². The predicted molar refractivity (Wildman–Crippen MR) is 142 cm³/mol. The molecule has 1 saturated heterocycles. The summed E-state index contributed by atoms with van der Waals surface area (Å²) in [6.07, 6.45) is 1.35. The van der Waals surface area contributed by atoms with Crippen LogP contribution in [0.1, 0.15) is 56.6 Å². The highest BCUT2D eigenvalue weighted by Gasteiger charge is 2.28. The van der Waals surface area contributed by atoms with Crippen molar-refractivity contribution in [3.63, 3.8) is 0 Å². The van der Waals surface area contributed by atoms with E-state index in [1.54, 1.807) is 26.6 Å². The summed E-state index contributed by atoms with van der Waals surface area (Å²) >= 11 is 0. The topological polar surface area (TPSA) is 110 Å². The molecule has 0 aliphatic carbocycles. The highest BCUT2D eigenvalue weighted by atomic mass is 16.6. The van der Waals surface area contributed by atoms with Crippen LogP contribution in [0.15, 0.2) is 47.4 Å². The molecule has 0 radical (unpaired) electrons. The minimum atomic E-state index is -0.546. The monoisotopic (exact) mass is 506 g/mol. The van der Waals surface area contributed by atoms with Gasteiger partial charge in [-0.1, -0.05) is 12.1 Å². The average molecular weight is 507 g/mol. The maximum Gasteiger partial charge on any atom is 0.410 e. The van der Waals surface area contributed by atoms with Crippen LogP contribution in [0.3, 0.4) is 0 Å². The van der Waals surface area contributed by atoms with Gasteiger partial charge < -0.3 is 19.9 Å². The number of fused-ring (bicyclic) bond motifs is 1. The SMILES string of the molecule is CCn1c(=O)ccc2cnc(N[C@@H](C)c3ccc(C(=O)N4CCN(C(=O)OC(C)(C)C)CC4)cc3)nc21. The molecule has 1 fully saturated rings. The van der Waals surface area contributed by atoms with Gasteiger partial charge in [-0.2, -0.15) is 4.98 Å². The number of carbonyl (C=O) groups excluding carboxylic acids is 2. The fourth-order valence-electron chi connectivity index (χ4n) is 4.24. The first kappa shape index (κ1) is 26.1. The summed E-state index contributed by atoms with van der Waals surface area (Å²) in [7, 11) is 0. The second kappa shape index (κ2) is 10.6. The van der Waals surface area contributed by atoms with E-state index >= 15 is 0 Å². The zero-order valence-corrected chi connectivity index (χ0v) is 22.0. The number of aryl methyl sites for hydroxylation is 1. The lowest BCUT2D eigenvalue weighted by Crippen LogP contribution is -2.51. The molecule has 1 aromatic carbocycles. The van der Waals surface area contributed by atoms with Crippen LogP contribution >= 0.6 is 0 Å². The van der Waals surface area contributed by atoms with E-state index in [0.29, 0.717) is 49.9 Å². The number of ether oxygens (including phenoxy) is 1. The van der Waals surface area contributed by atoms with Crippen LogP contribution in [-0.2, 0) is 11.3 Å². The van der Waals surface area contributed by atoms with Gasteiger partial charge >= 0.3 is 6.09 Å². The second-order valence-corrected chi connectivity index (χ2v) is 10.1. The van der Waals surface area contributed by atoms with Crippen molar-refractivity contribution in [2.24, 2.45) is 0 Å². The van der Waals surface area contributed by atoms with Gasteiger partial charge in [-0.25, -0.2) is 9.78 Å². The number of benzene rings is 1. The Balaban J connectivity index is 1.38. The first-order valence-corrected chi connectivity index (χ1v) is 12.6. The summed E-state index contributed by atoms with van der Waals surface area (Å²) in [4.78, 5) is 49.8. The Labute approximate surface area is 216 Å². The second-order valence-electron chi connectivity index (χ2n) is 10.1.